The second-order valence-corrected chi connectivity index (χ2v) is 6.44. The Morgan fingerprint density at radius 2 is 2.32 bits per heavy atom. The molecule has 1 N–H and O–H groups in total. The van der Waals surface area contributed by atoms with E-state index in [0.29, 0.717) is 15.7 Å². The van der Waals surface area contributed by atoms with Crippen LogP contribution >= 0.6 is 34.7 Å². The number of thioether (sulfide) groups is 1. The molecule has 0 radical (unpaired) electrons. The van der Waals surface area contributed by atoms with Crippen LogP contribution < -0.4 is 5.32 Å². The first-order valence-corrected chi connectivity index (χ1v) is 7.90. The molecule has 0 aliphatic heterocycles. The van der Waals surface area contributed by atoms with Gasteiger partial charge in [-0.3, -0.25) is 10.1 Å². The molecule has 0 atom stereocenters. The lowest BCUT2D eigenvalue weighted by atomic mass is 10.2. The van der Waals surface area contributed by atoms with Crippen molar-refractivity contribution in [2.24, 2.45) is 0 Å². The summed E-state index contributed by atoms with van der Waals surface area (Å²) in [6.45, 7) is 2.11. The fourth-order valence-corrected chi connectivity index (χ4v) is 3.17. The van der Waals surface area contributed by atoms with Gasteiger partial charge in [-0.1, -0.05) is 47.7 Å². The van der Waals surface area contributed by atoms with E-state index in [1.54, 1.807) is 36.0 Å². The van der Waals surface area contributed by atoms with Crippen molar-refractivity contribution in [3.8, 4) is 0 Å². The molecule has 0 unspecified atom stereocenters. The van der Waals surface area contributed by atoms with E-state index >= 15 is 0 Å². The normalized spacial score (nSPS) is 10.4. The highest BCUT2D eigenvalue weighted by atomic mass is 35.5. The highest BCUT2D eigenvalue weighted by Gasteiger charge is 2.10. The van der Waals surface area contributed by atoms with E-state index in [-0.39, 0.29) is 5.91 Å². The molecule has 1 amide bonds. The van der Waals surface area contributed by atoms with E-state index in [1.807, 2.05) is 0 Å². The van der Waals surface area contributed by atoms with Gasteiger partial charge in [0, 0.05) is 16.3 Å². The highest BCUT2D eigenvalue weighted by molar-refractivity contribution is 8.01. The molecule has 1 aromatic heterocycles. The van der Waals surface area contributed by atoms with E-state index in [1.165, 1.54) is 11.3 Å². The van der Waals surface area contributed by atoms with E-state index in [0.717, 1.165) is 16.5 Å². The van der Waals surface area contributed by atoms with Gasteiger partial charge in [0.15, 0.2) is 4.34 Å². The van der Waals surface area contributed by atoms with Crippen molar-refractivity contribution in [3.05, 3.63) is 34.9 Å². The maximum atomic E-state index is 12.0. The molecule has 7 heteroatoms. The van der Waals surface area contributed by atoms with Crippen molar-refractivity contribution in [2.75, 3.05) is 11.1 Å². The van der Waals surface area contributed by atoms with Gasteiger partial charge in [-0.05, 0) is 24.6 Å². The summed E-state index contributed by atoms with van der Waals surface area (Å²) in [5, 5.41) is 11.7. The first-order chi connectivity index (χ1) is 9.19. The number of nitrogens with zero attached hydrogens (tertiary/aromatic N) is 2. The Morgan fingerprint density at radius 1 is 1.47 bits per heavy atom. The van der Waals surface area contributed by atoms with Crippen LogP contribution in [0.25, 0.3) is 0 Å². The quantitative estimate of drug-likeness (QED) is 0.671. The van der Waals surface area contributed by atoms with Crippen LogP contribution in [0.4, 0.5) is 5.13 Å². The average Bonchev–Trinajstić information content (AvgIpc) is 2.84. The molecule has 0 bridgehead atoms. The summed E-state index contributed by atoms with van der Waals surface area (Å²) in [4.78, 5) is 12.0. The topological polar surface area (TPSA) is 54.9 Å². The van der Waals surface area contributed by atoms with E-state index < -0.39 is 0 Å². The van der Waals surface area contributed by atoms with Crippen molar-refractivity contribution in [2.45, 2.75) is 17.7 Å². The standard InChI is InChI=1S/C12H12ClN3OS2/c1-2-6-18-12-16-15-11(19-12)14-10(17)8-4-3-5-9(13)7-8/h3-5,7H,2,6H2,1H3,(H,14,15,17). The molecular weight excluding hydrogens is 302 g/mol. The lowest BCUT2D eigenvalue weighted by molar-refractivity contribution is 0.102. The van der Waals surface area contributed by atoms with Crippen LogP contribution in [-0.2, 0) is 0 Å². The van der Waals surface area contributed by atoms with Crippen molar-refractivity contribution in [3.63, 3.8) is 0 Å². The number of carbonyl (C=O) groups is 1. The number of rotatable bonds is 5. The number of anilines is 1. The Labute approximate surface area is 124 Å². The molecule has 1 heterocycles. The molecule has 0 spiro atoms. The Hall–Kier alpha value is -1.11. The molecule has 0 fully saturated rings. The summed E-state index contributed by atoms with van der Waals surface area (Å²) < 4.78 is 0.864. The fourth-order valence-electron chi connectivity index (χ4n) is 1.31. The lowest BCUT2D eigenvalue weighted by Crippen LogP contribution is -2.11. The summed E-state index contributed by atoms with van der Waals surface area (Å²) >= 11 is 8.86. The number of halogens is 1. The van der Waals surface area contributed by atoms with Gasteiger partial charge in [0.05, 0.1) is 0 Å². The molecule has 0 aliphatic carbocycles. The molecule has 1 aromatic carbocycles. The van der Waals surface area contributed by atoms with Crippen molar-refractivity contribution < 1.29 is 4.79 Å². The molecule has 100 valence electrons. The number of carbonyl (C=O) groups excluding carboxylic acids is 1. The number of nitrogens with one attached hydrogen (secondary N) is 1. The minimum Gasteiger partial charge on any atom is -0.296 e. The van der Waals surface area contributed by atoms with Crippen LogP contribution in [0.5, 0.6) is 0 Å². The zero-order chi connectivity index (χ0) is 13.7. The Morgan fingerprint density at radius 3 is 3.05 bits per heavy atom. The van der Waals surface area contributed by atoms with Crippen LogP contribution in [0.15, 0.2) is 28.6 Å². The molecule has 0 saturated carbocycles. The van der Waals surface area contributed by atoms with Gasteiger partial charge in [0.1, 0.15) is 0 Å². The van der Waals surface area contributed by atoms with E-state index in [9.17, 15) is 4.79 Å². The zero-order valence-electron chi connectivity index (χ0n) is 10.2. The van der Waals surface area contributed by atoms with Crippen molar-refractivity contribution in [1.29, 1.82) is 0 Å². The molecule has 2 rings (SSSR count). The maximum Gasteiger partial charge on any atom is 0.257 e. The summed E-state index contributed by atoms with van der Waals surface area (Å²) in [7, 11) is 0. The number of hydrogen-bond donors (Lipinski definition) is 1. The number of aromatic nitrogens is 2. The number of benzene rings is 1. The first-order valence-electron chi connectivity index (χ1n) is 5.72. The highest BCUT2D eigenvalue weighted by Crippen LogP contribution is 2.26. The Bertz CT molecular complexity index is 574. The van der Waals surface area contributed by atoms with Crippen LogP contribution in [0.2, 0.25) is 5.02 Å². The van der Waals surface area contributed by atoms with Gasteiger partial charge in [0.25, 0.3) is 5.91 Å². The fraction of sp³-hybridized carbons (Fsp3) is 0.250. The second kappa shape index (κ2) is 6.88. The van der Waals surface area contributed by atoms with Crippen molar-refractivity contribution >= 4 is 45.7 Å². The van der Waals surface area contributed by atoms with Gasteiger partial charge < -0.3 is 0 Å². The Kier molecular flexibility index (Phi) is 5.18. The second-order valence-electron chi connectivity index (χ2n) is 3.69. The summed E-state index contributed by atoms with van der Waals surface area (Å²) in [5.74, 6) is 0.766. The maximum absolute atomic E-state index is 12.0. The third-order valence-electron chi connectivity index (χ3n) is 2.14. The molecule has 4 nitrogen and oxygen atoms in total. The molecule has 0 saturated heterocycles. The van der Waals surface area contributed by atoms with Gasteiger partial charge in [0.2, 0.25) is 5.13 Å². The Balaban J connectivity index is 2.00. The van der Waals surface area contributed by atoms with E-state index in [4.69, 9.17) is 11.6 Å². The average molecular weight is 314 g/mol. The third-order valence-corrected chi connectivity index (χ3v) is 4.56. The predicted octanol–water partition coefficient (Wildman–Crippen LogP) is 3.95. The monoisotopic (exact) mass is 313 g/mol. The minimum absolute atomic E-state index is 0.231. The smallest absolute Gasteiger partial charge is 0.257 e. The van der Waals surface area contributed by atoms with Crippen LogP contribution in [-0.4, -0.2) is 21.9 Å². The summed E-state index contributed by atoms with van der Waals surface area (Å²) in [5.41, 5.74) is 0.505. The van der Waals surface area contributed by atoms with Crippen LogP contribution in [0.1, 0.15) is 23.7 Å². The summed E-state index contributed by atoms with van der Waals surface area (Å²) in [6, 6.07) is 6.78. The molecular formula is C12H12ClN3OS2. The molecule has 19 heavy (non-hydrogen) atoms. The zero-order valence-corrected chi connectivity index (χ0v) is 12.6. The third kappa shape index (κ3) is 4.19. The predicted molar refractivity (Wildman–Crippen MR) is 80.3 cm³/mol. The number of hydrogen-bond acceptors (Lipinski definition) is 5. The molecule has 0 aliphatic rings. The van der Waals surface area contributed by atoms with Gasteiger partial charge in [-0.15, -0.1) is 10.2 Å². The van der Waals surface area contributed by atoms with Crippen LogP contribution in [0.3, 0.4) is 0 Å². The van der Waals surface area contributed by atoms with Crippen LogP contribution in [0, 0.1) is 0 Å². The molecule has 2 aromatic rings. The summed E-state index contributed by atoms with van der Waals surface area (Å²) in [6.07, 6.45) is 1.08. The van der Waals surface area contributed by atoms with Crippen molar-refractivity contribution in [1.82, 2.24) is 10.2 Å². The van der Waals surface area contributed by atoms with E-state index in [2.05, 4.69) is 22.4 Å². The van der Waals surface area contributed by atoms with Gasteiger partial charge in [-0.2, -0.15) is 0 Å². The van der Waals surface area contributed by atoms with Gasteiger partial charge in [-0.25, -0.2) is 0 Å². The first kappa shape index (κ1) is 14.3. The largest absolute Gasteiger partial charge is 0.296 e. The van der Waals surface area contributed by atoms with Gasteiger partial charge >= 0.3 is 0 Å². The lowest BCUT2D eigenvalue weighted by Gasteiger charge is -2.00. The number of amides is 1. The minimum atomic E-state index is -0.231. The SMILES string of the molecule is CCCSc1nnc(NC(=O)c2cccc(Cl)c2)s1.